The smallest absolute Gasteiger partial charge is 0.340 e. The first kappa shape index (κ1) is 21.2. The van der Waals surface area contributed by atoms with Gasteiger partial charge in [0.25, 0.3) is 5.91 Å². The summed E-state index contributed by atoms with van der Waals surface area (Å²) >= 11 is 0. The summed E-state index contributed by atoms with van der Waals surface area (Å²) in [5.41, 5.74) is 0.278. The topological polar surface area (TPSA) is 134 Å². The van der Waals surface area contributed by atoms with Crippen LogP contribution < -0.4 is 24.4 Å². The van der Waals surface area contributed by atoms with E-state index in [0.717, 1.165) is 0 Å². The molecule has 162 valence electrons. The molecule has 1 saturated heterocycles. The van der Waals surface area contributed by atoms with Crippen molar-refractivity contribution in [3.05, 3.63) is 17.7 Å². The predicted molar refractivity (Wildman–Crippen MR) is 102 cm³/mol. The molecular formula is C18H22N4O8. The lowest BCUT2D eigenvalue weighted by molar-refractivity contribution is -0.118. The number of anilines is 2. The third kappa shape index (κ3) is 4.71. The van der Waals surface area contributed by atoms with Gasteiger partial charge >= 0.3 is 11.8 Å². The van der Waals surface area contributed by atoms with Gasteiger partial charge in [-0.25, -0.2) is 9.42 Å². The number of ether oxygens (including phenoxy) is 5. The van der Waals surface area contributed by atoms with Crippen LogP contribution in [0.1, 0.15) is 10.4 Å². The van der Waals surface area contributed by atoms with Crippen LogP contribution in [0.3, 0.4) is 0 Å². The van der Waals surface area contributed by atoms with Gasteiger partial charge in [0.2, 0.25) is 5.82 Å². The van der Waals surface area contributed by atoms with Crippen LogP contribution >= 0.6 is 0 Å². The minimum Gasteiger partial charge on any atom is -0.493 e. The number of carbonyl (C=O) groups excluding carboxylic acids is 2. The van der Waals surface area contributed by atoms with E-state index in [0.29, 0.717) is 43.6 Å². The van der Waals surface area contributed by atoms with Crippen LogP contribution in [-0.2, 0) is 14.3 Å². The summed E-state index contributed by atoms with van der Waals surface area (Å²) in [6.45, 7) is 1.90. The molecule has 0 unspecified atom stereocenters. The van der Waals surface area contributed by atoms with Crippen molar-refractivity contribution in [1.29, 1.82) is 0 Å². The number of amides is 1. The van der Waals surface area contributed by atoms with Crippen molar-refractivity contribution in [3.8, 4) is 17.4 Å². The van der Waals surface area contributed by atoms with Crippen LogP contribution in [0.5, 0.6) is 17.4 Å². The molecule has 1 amide bonds. The summed E-state index contributed by atoms with van der Waals surface area (Å²) in [4.78, 5) is 26.4. The highest BCUT2D eigenvalue weighted by molar-refractivity contribution is 6.02. The van der Waals surface area contributed by atoms with Crippen molar-refractivity contribution in [2.75, 3.05) is 64.5 Å². The molecule has 0 bridgehead atoms. The zero-order chi connectivity index (χ0) is 21.5. The molecule has 1 aliphatic rings. The van der Waals surface area contributed by atoms with E-state index in [9.17, 15) is 9.59 Å². The normalized spacial score (nSPS) is 13.5. The zero-order valence-corrected chi connectivity index (χ0v) is 16.8. The zero-order valence-electron chi connectivity index (χ0n) is 16.8. The first-order valence-electron chi connectivity index (χ1n) is 8.99. The largest absolute Gasteiger partial charge is 0.493 e. The minimum atomic E-state index is -0.650. The number of hydrogen-bond acceptors (Lipinski definition) is 11. The van der Waals surface area contributed by atoms with Crippen molar-refractivity contribution in [2.24, 2.45) is 0 Å². The van der Waals surface area contributed by atoms with Gasteiger partial charge in [-0.3, -0.25) is 4.79 Å². The van der Waals surface area contributed by atoms with Crippen LogP contribution in [0, 0.1) is 0 Å². The summed E-state index contributed by atoms with van der Waals surface area (Å²) in [6.07, 6.45) is 0. The third-order valence-corrected chi connectivity index (χ3v) is 4.30. The van der Waals surface area contributed by atoms with Crippen LogP contribution in [0.2, 0.25) is 0 Å². The van der Waals surface area contributed by atoms with Crippen molar-refractivity contribution in [1.82, 2.24) is 10.3 Å². The highest BCUT2D eigenvalue weighted by Gasteiger charge is 2.23. The molecule has 12 nitrogen and oxygen atoms in total. The number of rotatable bonds is 8. The SMILES string of the molecule is COC(=O)c1cc(OC)c(OC)cc1NC(=O)COc1nonc1N1CCOCC1. The number of methoxy groups -OCH3 is 3. The minimum absolute atomic E-state index is 0.0903. The fourth-order valence-electron chi connectivity index (χ4n) is 2.82. The molecule has 30 heavy (non-hydrogen) atoms. The molecular weight excluding hydrogens is 400 g/mol. The molecule has 1 aromatic carbocycles. The maximum atomic E-state index is 12.4. The number of nitrogens with zero attached hydrogens (tertiary/aromatic N) is 3. The van der Waals surface area contributed by atoms with E-state index in [1.54, 1.807) is 0 Å². The highest BCUT2D eigenvalue weighted by atomic mass is 16.6. The molecule has 2 heterocycles. The van der Waals surface area contributed by atoms with Crippen molar-refractivity contribution in [3.63, 3.8) is 0 Å². The Morgan fingerprint density at radius 3 is 2.47 bits per heavy atom. The Hall–Kier alpha value is -3.54. The van der Waals surface area contributed by atoms with Gasteiger partial charge in [0.05, 0.1) is 45.8 Å². The Balaban J connectivity index is 1.71. The van der Waals surface area contributed by atoms with Crippen LogP contribution in [0.4, 0.5) is 11.5 Å². The van der Waals surface area contributed by atoms with E-state index in [2.05, 4.69) is 15.6 Å². The Bertz CT molecular complexity index is 894. The van der Waals surface area contributed by atoms with Crippen molar-refractivity contribution in [2.45, 2.75) is 0 Å². The number of esters is 1. The highest BCUT2D eigenvalue weighted by Crippen LogP contribution is 2.34. The third-order valence-electron chi connectivity index (χ3n) is 4.30. The molecule has 0 atom stereocenters. The summed E-state index contributed by atoms with van der Waals surface area (Å²) in [6, 6.07) is 2.87. The maximum absolute atomic E-state index is 12.4. The number of morpholine rings is 1. The van der Waals surface area contributed by atoms with E-state index in [4.69, 9.17) is 28.3 Å². The quantitative estimate of drug-likeness (QED) is 0.603. The van der Waals surface area contributed by atoms with Crippen molar-refractivity contribution < 1.29 is 37.9 Å². The Morgan fingerprint density at radius 1 is 1.10 bits per heavy atom. The lowest BCUT2D eigenvalue weighted by Crippen LogP contribution is -2.36. The van der Waals surface area contributed by atoms with Gasteiger partial charge in [-0.05, 0) is 10.3 Å². The molecule has 0 aliphatic carbocycles. The molecule has 1 aliphatic heterocycles. The van der Waals surface area contributed by atoms with Crippen LogP contribution in [0.25, 0.3) is 0 Å². The monoisotopic (exact) mass is 422 g/mol. The Morgan fingerprint density at radius 2 is 1.80 bits per heavy atom. The fourth-order valence-corrected chi connectivity index (χ4v) is 2.82. The van der Waals surface area contributed by atoms with Gasteiger partial charge in [-0.1, -0.05) is 0 Å². The Labute approximate surface area is 171 Å². The first-order chi connectivity index (χ1) is 14.6. The summed E-state index contributed by atoms with van der Waals surface area (Å²) in [5, 5.41) is 10.1. The molecule has 0 spiro atoms. The molecule has 1 fully saturated rings. The molecule has 1 aromatic heterocycles. The standard InChI is InChI=1S/C18H22N4O8/c1-25-13-8-11(18(24)27-3)12(9-14(13)26-2)19-15(23)10-29-17-16(20-30-21-17)22-4-6-28-7-5-22/h8-9H,4-7,10H2,1-3H3,(H,19,23). The number of carbonyl (C=O) groups is 2. The number of nitrogens with one attached hydrogen (secondary N) is 1. The molecule has 2 aromatic rings. The van der Waals surface area contributed by atoms with Gasteiger partial charge in [-0.15, -0.1) is 0 Å². The van der Waals surface area contributed by atoms with Gasteiger partial charge < -0.3 is 33.9 Å². The van der Waals surface area contributed by atoms with Gasteiger partial charge in [0.15, 0.2) is 18.1 Å². The lowest BCUT2D eigenvalue weighted by atomic mass is 10.1. The predicted octanol–water partition coefficient (Wildman–Crippen LogP) is 0.727. The second-order valence-electron chi connectivity index (χ2n) is 6.07. The first-order valence-corrected chi connectivity index (χ1v) is 8.99. The van der Waals surface area contributed by atoms with Crippen molar-refractivity contribution >= 4 is 23.4 Å². The maximum Gasteiger partial charge on any atom is 0.340 e. The average molecular weight is 422 g/mol. The molecule has 3 rings (SSSR count). The summed E-state index contributed by atoms with van der Waals surface area (Å²) in [7, 11) is 4.11. The molecule has 0 saturated carbocycles. The van der Waals surface area contributed by atoms with E-state index in [1.165, 1.54) is 33.5 Å². The van der Waals surface area contributed by atoms with Gasteiger partial charge in [-0.2, -0.15) is 0 Å². The molecule has 0 radical (unpaired) electrons. The summed E-state index contributed by atoms with van der Waals surface area (Å²) in [5.74, 6) is -0.0570. The second kappa shape index (κ2) is 9.78. The lowest BCUT2D eigenvalue weighted by Gasteiger charge is -2.26. The van der Waals surface area contributed by atoms with Crippen LogP contribution in [0.15, 0.2) is 16.8 Å². The number of benzene rings is 1. The Kier molecular flexibility index (Phi) is 6.91. The van der Waals surface area contributed by atoms with E-state index < -0.39 is 11.9 Å². The fraction of sp³-hybridized carbons (Fsp3) is 0.444. The average Bonchev–Trinajstić information content (AvgIpc) is 3.26. The number of aromatic nitrogens is 2. The van der Waals surface area contributed by atoms with E-state index >= 15 is 0 Å². The summed E-state index contributed by atoms with van der Waals surface area (Å²) < 4.78 is 30.7. The van der Waals surface area contributed by atoms with Crippen LogP contribution in [-0.4, -0.2) is 76.4 Å². The van der Waals surface area contributed by atoms with E-state index in [-0.39, 0.29) is 23.7 Å². The molecule has 12 heteroatoms. The van der Waals surface area contributed by atoms with Gasteiger partial charge in [0, 0.05) is 25.2 Å². The second-order valence-corrected chi connectivity index (χ2v) is 6.07. The van der Waals surface area contributed by atoms with Gasteiger partial charge in [0.1, 0.15) is 0 Å². The van der Waals surface area contributed by atoms with E-state index in [1.807, 2.05) is 4.90 Å². The molecule has 1 N–H and O–H groups in total. The number of hydrogen-bond donors (Lipinski definition) is 1.